The fourth-order valence-electron chi connectivity index (χ4n) is 2.68. The molecule has 0 amide bonds. The molecule has 1 aliphatic rings. The Kier molecular flexibility index (Phi) is 3.52. The lowest BCUT2D eigenvalue weighted by Gasteiger charge is -2.55. The molecule has 0 bridgehead atoms. The van der Waals surface area contributed by atoms with Crippen molar-refractivity contribution in [1.82, 2.24) is 0 Å². The molecular weight excluding hydrogens is 196 g/mol. The smallest absolute Gasteiger partial charge is 0.0638 e. The molecule has 1 fully saturated rings. The summed E-state index contributed by atoms with van der Waals surface area (Å²) in [5.41, 5.74) is 0.782. The number of hydrogen-bond acceptors (Lipinski definition) is 1. The van der Waals surface area contributed by atoms with E-state index in [9.17, 15) is 0 Å². The van der Waals surface area contributed by atoms with E-state index >= 15 is 0 Å². The molecule has 2 atom stereocenters. The van der Waals surface area contributed by atoms with Gasteiger partial charge in [0, 0.05) is 0 Å². The largest absolute Gasteiger partial charge is 0.372 e. The van der Waals surface area contributed by atoms with Crippen LogP contribution in [0.5, 0.6) is 0 Å². The molecule has 1 saturated carbocycles. The van der Waals surface area contributed by atoms with Gasteiger partial charge in [-0.1, -0.05) is 34.6 Å². The molecule has 0 aromatic carbocycles. The van der Waals surface area contributed by atoms with Gasteiger partial charge >= 0.3 is 0 Å². The third-order valence-electron chi connectivity index (χ3n) is 3.74. The lowest BCUT2D eigenvalue weighted by molar-refractivity contribution is -0.194. The van der Waals surface area contributed by atoms with Crippen LogP contribution in [0.15, 0.2) is 0 Å². The fourth-order valence-corrected chi connectivity index (χ4v) is 2.68. The van der Waals surface area contributed by atoms with Crippen LogP contribution in [0.25, 0.3) is 0 Å². The van der Waals surface area contributed by atoms with E-state index < -0.39 is 0 Å². The molecule has 0 unspecified atom stereocenters. The molecule has 0 aromatic heterocycles. The second kappa shape index (κ2) is 4.01. The first kappa shape index (κ1) is 14.0. The third-order valence-corrected chi connectivity index (χ3v) is 3.74. The van der Waals surface area contributed by atoms with Crippen molar-refractivity contribution in [3.63, 3.8) is 0 Å². The van der Waals surface area contributed by atoms with Gasteiger partial charge in [0.15, 0.2) is 0 Å². The highest BCUT2D eigenvalue weighted by Crippen LogP contribution is 2.53. The van der Waals surface area contributed by atoms with E-state index in [1.54, 1.807) is 0 Å². The second-order valence-corrected chi connectivity index (χ2v) is 8.24. The standard InChI is InChI=1S/C15H30O/c1-13(2,3)10-11-9-12(15(11,7)8)16-14(4,5)6/h11-12H,9-10H2,1-8H3/t11-,12+/m1/s1. The minimum absolute atomic E-state index is 0.00532. The Balaban J connectivity index is 2.54. The van der Waals surface area contributed by atoms with Gasteiger partial charge in [-0.2, -0.15) is 0 Å². The van der Waals surface area contributed by atoms with Crippen molar-refractivity contribution in [3.8, 4) is 0 Å². The summed E-state index contributed by atoms with van der Waals surface area (Å²) >= 11 is 0. The van der Waals surface area contributed by atoms with Crippen molar-refractivity contribution in [2.24, 2.45) is 16.7 Å². The number of hydrogen-bond donors (Lipinski definition) is 0. The number of rotatable bonds is 2. The van der Waals surface area contributed by atoms with E-state index in [4.69, 9.17) is 4.74 Å². The molecule has 0 aliphatic heterocycles. The Bertz CT molecular complexity index is 215. The molecule has 16 heavy (non-hydrogen) atoms. The maximum absolute atomic E-state index is 6.13. The highest BCUT2D eigenvalue weighted by atomic mass is 16.5. The summed E-state index contributed by atoms with van der Waals surface area (Å²) in [6.45, 7) is 18.2. The summed E-state index contributed by atoms with van der Waals surface area (Å²) in [5, 5.41) is 0. The maximum atomic E-state index is 6.13. The fraction of sp³-hybridized carbons (Fsp3) is 1.00. The molecule has 0 aromatic rings. The maximum Gasteiger partial charge on any atom is 0.0638 e. The monoisotopic (exact) mass is 226 g/mol. The molecule has 0 heterocycles. The zero-order valence-electron chi connectivity index (χ0n) is 12.5. The van der Waals surface area contributed by atoms with Gasteiger partial charge in [-0.3, -0.25) is 0 Å². The van der Waals surface area contributed by atoms with Crippen molar-refractivity contribution in [2.45, 2.75) is 79.9 Å². The van der Waals surface area contributed by atoms with Crippen molar-refractivity contribution >= 4 is 0 Å². The van der Waals surface area contributed by atoms with Crippen LogP contribution in [-0.4, -0.2) is 11.7 Å². The minimum atomic E-state index is -0.00532. The average molecular weight is 226 g/mol. The van der Waals surface area contributed by atoms with E-state index in [-0.39, 0.29) is 5.60 Å². The van der Waals surface area contributed by atoms with Crippen molar-refractivity contribution in [1.29, 1.82) is 0 Å². The Morgan fingerprint density at radius 3 is 1.88 bits per heavy atom. The first-order chi connectivity index (χ1) is 6.92. The minimum Gasteiger partial charge on any atom is -0.372 e. The normalized spacial score (nSPS) is 30.0. The highest BCUT2D eigenvalue weighted by molar-refractivity contribution is 4.99. The van der Waals surface area contributed by atoms with Gasteiger partial charge in [0.2, 0.25) is 0 Å². The van der Waals surface area contributed by atoms with Crippen LogP contribution in [0.2, 0.25) is 0 Å². The third kappa shape index (κ3) is 3.48. The summed E-state index contributed by atoms with van der Waals surface area (Å²) in [4.78, 5) is 0. The molecule has 0 radical (unpaired) electrons. The van der Waals surface area contributed by atoms with Crippen LogP contribution in [0, 0.1) is 16.7 Å². The van der Waals surface area contributed by atoms with Crippen LogP contribution in [0.3, 0.4) is 0 Å². The summed E-state index contributed by atoms with van der Waals surface area (Å²) in [7, 11) is 0. The molecule has 1 heteroatoms. The predicted octanol–water partition coefficient (Wildman–Crippen LogP) is 4.65. The van der Waals surface area contributed by atoms with E-state index in [2.05, 4.69) is 55.4 Å². The quantitative estimate of drug-likeness (QED) is 0.666. The number of ether oxygens (including phenoxy) is 1. The molecular formula is C15H30O. The average Bonchev–Trinajstić information content (AvgIpc) is 1.98. The summed E-state index contributed by atoms with van der Waals surface area (Å²) in [6.07, 6.45) is 2.99. The Morgan fingerprint density at radius 2 is 1.56 bits per heavy atom. The van der Waals surface area contributed by atoms with Crippen molar-refractivity contribution < 1.29 is 4.74 Å². The van der Waals surface area contributed by atoms with Crippen LogP contribution in [-0.2, 0) is 4.74 Å². The van der Waals surface area contributed by atoms with Crippen LogP contribution < -0.4 is 0 Å². The van der Waals surface area contributed by atoms with Crippen LogP contribution >= 0.6 is 0 Å². The highest BCUT2D eigenvalue weighted by Gasteiger charge is 2.50. The summed E-state index contributed by atoms with van der Waals surface area (Å²) in [6, 6.07) is 0. The van der Waals surface area contributed by atoms with Crippen molar-refractivity contribution in [3.05, 3.63) is 0 Å². The lowest BCUT2D eigenvalue weighted by Crippen LogP contribution is -2.53. The van der Waals surface area contributed by atoms with Gasteiger partial charge in [0.25, 0.3) is 0 Å². The molecule has 1 nitrogen and oxygen atoms in total. The van der Waals surface area contributed by atoms with E-state index in [0.717, 1.165) is 5.92 Å². The molecule has 1 aliphatic carbocycles. The van der Waals surface area contributed by atoms with Gasteiger partial charge in [-0.15, -0.1) is 0 Å². The Hall–Kier alpha value is -0.0400. The van der Waals surface area contributed by atoms with E-state index in [1.807, 2.05) is 0 Å². The molecule has 96 valence electrons. The molecule has 0 N–H and O–H groups in total. The molecule has 1 rings (SSSR count). The van der Waals surface area contributed by atoms with E-state index in [0.29, 0.717) is 16.9 Å². The van der Waals surface area contributed by atoms with Crippen molar-refractivity contribution in [2.75, 3.05) is 0 Å². The van der Waals surface area contributed by atoms with Gasteiger partial charge < -0.3 is 4.74 Å². The SMILES string of the molecule is CC(C)(C)C[C@H]1C[C@H](OC(C)(C)C)C1(C)C. The molecule has 0 saturated heterocycles. The first-order valence-corrected chi connectivity index (χ1v) is 6.60. The first-order valence-electron chi connectivity index (χ1n) is 6.60. The zero-order chi connectivity index (χ0) is 12.8. The van der Waals surface area contributed by atoms with Gasteiger partial charge in [0.1, 0.15) is 0 Å². The zero-order valence-corrected chi connectivity index (χ0v) is 12.5. The second-order valence-electron chi connectivity index (χ2n) is 8.24. The Labute approximate surface area is 102 Å². The van der Waals surface area contributed by atoms with Gasteiger partial charge in [-0.25, -0.2) is 0 Å². The van der Waals surface area contributed by atoms with Gasteiger partial charge in [0.05, 0.1) is 11.7 Å². The van der Waals surface area contributed by atoms with E-state index in [1.165, 1.54) is 12.8 Å². The molecule has 0 spiro atoms. The summed E-state index contributed by atoms with van der Waals surface area (Å²) < 4.78 is 6.13. The Morgan fingerprint density at radius 1 is 1.06 bits per heavy atom. The lowest BCUT2D eigenvalue weighted by atomic mass is 9.56. The summed E-state index contributed by atoms with van der Waals surface area (Å²) in [5.74, 6) is 0.819. The van der Waals surface area contributed by atoms with Crippen LogP contribution in [0.4, 0.5) is 0 Å². The van der Waals surface area contributed by atoms with Gasteiger partial charge in [-0.05, 0) is 50.4 Å². The topological polar surface area (TPSA) is 9.23 Å². The van der Waals surface area contributed by atoms with Crippen LogP contribution in [0.1, 0.15) is 68.2 Å². The predicted molar refractivity (Wildman–Crippen MR) is 70.6 cm³/mol.